The molecule has 8 nitrogen and oxygen atoms in total. The van der Waals surface area contributed by atoms with E-state index in [2.05, 4.69) is 5.32 Å². The molecule has 174 valence electrons. The van der Waals surface area contributed by atoms with Gasteiger partial charge in [0.15, 0.2) is 0 Å². The zero-order valence-electron chi connectivity index (χ0n) is 18.4. The smallest absolute Gasteiger partial charge is 0.245 e. The molecule has 10 heteroatoms. The Bertz CT molecular complexity index is 861. The first-order valence-corrected chi connectivity index (χ1v) is 12.7. The summed E-state index contributed by atoms with van der Waals surface area (Å²) in [5.41, 5.74) is 6.34. The van der Waals surface area contributed by atoms with Crippen LogP contribution in [0, 0.1) is 5.92 Å². The summed E-state index contributed by atoms with van der Waals surface area (Å²) < 4.78 is 26.1. The molecule has 1 heterocycles. The summed E-state index contributed by atoms with van der Waals surface area (Å²) in [5.74, 6) is -0.336. The van der Waals surface area contributed by atoms with Crippen LogP contribution in [0.4, 0.5) is 0 Å². The molecule has 2 atom stereocenters. The molecule has 0 unspecified atom stereocenters. The predicted molar refractivity (Wildman–Crippen MR) is 122 cm³/mol. The van der Waals surface area contributed by atoms with E-state index in [1.807, 2.05) is 26.0 Å². The molecule has 1 aliphatic heterocycles. The Morgan fingerprint density at radius 1 is 1.29 bits per heavy atom. The van der Waals surface area contributed by atoms with Crippen LogP contribution >= 0.6 is 11.6 Å². The Balaban J connectivity index is 2.15. The predicted octanol–water partition coefficient (Wildman–Crippen LogP) is 1.23. The molecule has 0 aromatic heterocycles. The SMILES string of the molecule is CC(C)CN([C@H]1CCN(C(=O)[C@@H](Cc2ccc(Cl)cc2)NC(=O)CCN)C1)S(C)(=O)=O. The second-order valence-corrected chi connectivity index (χ2v) is 10.8. The molecule has 0 spiro atoms. The molecular weight excluding hydrogens is 440 g/mol. The van der Waals surface area contributed by atoms with E-state index in [4.69, 9.17) is 17.3 Å². The summed E-state index contributed by atoms with van der Waals surface area (Å²) in [6, 6.07) is 6.09. The minimum absolute atomic E-state index is 0.128. The molecule has 1 aromatic rings. The lowest BCUT2D eigenvalue weighted by Gasteiger charge is -2.29. The van der Waals surface area contributed by atoms with E-state index in [0.717, 1.165) is 5.56 Å². The van der Waals surface area contributed by atoms with Gasteiger partial charge in [0.2, 0.25) is 21.8 Å². The number of nitrogens with one attached hydrogen (secondary N) is 1. The first kappa shape index (κ1) is 25.6. The van der Waals surface area contributed by atoms with Crippen molar-refractivity contribution in [2.24, 2.45) is 11.7 Å². The summed E-state index contributed by atoms with van der Waals surface area (Å²) in [6.07, 6.45) is 2.21. The zero-order valence-corrected chi connectivity index (χ0v) is 20.0. The maximum Gasteiger partial charge on any atom is 0.245 e. The Hall–Kier alpha value is -1.68. The summed E-state index contributed by atoms with van der Waals surface area (Å²) in [7, 11) is -3.39. The standard InChI is InChI=1S/C21H33ClN4O4S/c1-15(2)13-26(31(3,29)30)18-9-11-25(14-18)21(28)19(24-20(27)8-10-23)12-16-4-6-17(22)7-5-16/h4-7,15,18-19H,8-14,23H2,1-3H3,(H,24,27)/t18-,19+/m0/s1. The van der Waals surface area contributed by atoms with Crippen molar-refractivity contribution in [3.63, 3.8) is 0 Å². The normalized spacial score (nSPS) is 17.9. The molecule has 2 amide bonds. The number of hydrogen-bond acceptors (Lipinski definition) is 5. The third kappa shape index (κ3) is 7.75. The van der Waals surface area contributed by atoms with E-state index in [1.165, 1.54) is 10.6 Å². The maximum absolute atomic E-state index is 13.3. The highest BCUT2D eigenvalue weighted by Gasteiger charge is 2.37. The molecule has 2 rings (SSSR count). The van der Waals surface area contributed by atoms with Gasteiger partial charge in [-0.3, -0.25) is 9.59 Å². The quantitative estimate of drug-likeness (QED) is 0.531. The van der Waals surface area contributed by atoms with Crippen LogP contribution < -0.4 is 11.1 Å². The van der Waals surface area contributed by atoms with Gasteiger partial charge in [-0.05, 0) is 30.0 Å². The molecule has 0 aliphatic carbocycles. The summed E-state index contributed by atoms with van der Waals surface area (Å²) in [6.45, 7) is 5.28. The van der Waals surface area contributed by atoms with Crippen LogP contribution in [0.2, 0.25) is 5.02 Å². The van der Waals surface area contributed by atoms with Crippen LogP contribution in [-0.4, -0.2) is 74.0 Å². The lowest BCUT2D eigenvalue weighted by molar-refractivity contribution is -0.135. The van der Waals surface area contributed by atoms with Crippen LogP contribution in [0.1, 0.15) is 32.3 Å². The van der Waals surface area contributed by atoms with Gasteiger partial charge in [0.1, 0.15) is 6.04 Å². The number of amides is 2. The van der Waals surface area contributed by atoms with Crippen molar-refractivity contribution >= 4 is 33.4 Å². The molecule has 0 saturated carbocycles. The van der Waals surface area contributed by atoms with Crippen LogP contribution in [-0.2, 0) is 26.0 Å². The molecule has 1 aromatic carbocycles. The van der Waals surface area contributed by atoms with Crippen molar-refractivity contribution in [2.75, 3.05) is 32.4 Å². The van der Waals surface area contributed by atoms with Crippen molar-refractivity contribution in [2.45, 2.75) is 45.2 Å². The van der Waals surface area contributed by atoms with E-state index >= 15 is 0 Å². The number of nitrogens with zero attached hydrogens (tertiary/aromatic N) is 2. The van der Waals surface area contributed by atoms with Crippen LogP contribution in [0.5, 0.6) is 0 Å². The first-order valence-electron chi connectivity index (χ1n) is 10.5. The number of hydrogen-bond donors (Lipinski definition) is 2. The maximum atomic E-state index is 13.3. The Morgan fingerprint density at radius 3 is 2.48 bits per heavy atom. The molecule has 1 saturated heterocycles. The fourth-order valence-corrected chi connectivity index (χ4v) is 5.18. The van der Waals surface area contributed by atoms with Gasteiger partial charge in [-0.2, -0.15) is 4.31 Å². The van der Waals surface area contributed by atoms with Crippen molar-refractivity contribution in [3.8, 4) is 0 Å². The van der Waals surface area contributed by atoms with Crippen molar-refractivity contribution < 1.29 is 18.0 Å². The minimum atomic E-state index is -3.39. The largest absolute Gasteiger partial charge is 0.344 e. The van der Waals surface area contributed by atoms with Crippen LogP contribution in [0.25, 0.3) is 0 Å². The van der Waals surface area contributed by atoms with Gasteiger partial charge in [0, 0.05) is 50.1 Å². The van der Waals surface area contributed by atoms with E-state index in [-0.39, 0.29) is 36.7 Å². The van der Waals surface area contributed by atoms with E-state index < -0.39 is 16.1 Å². The van der Waals surface area contributed by atoms with Crippen LogP contribution in [0.15, 0.2) is 24.3 Å². The molecule has 1 fully saturated rings. The molecule has 0 bridgehead atoms. The Morgan fingerprint density at radius 2 is 1.94 bits per heavy atom. The lowest BCUT2D eigenvalue weighted by atomic mass is 10.0. The molecular formula is C21H33ClN4O4S. The number of carbonyl (C=O) groups excluding carboxylic acids is 2. The highest BCUT2D eigenvalue weighted by molar-refractivity contribution is 7.88. The molecule has 0 radical (unpaired) electrons. The molecule has 31 heavy (non-hydrogen) atoms. The number of sulfonamides is 1. The Labute approximate surface area is 190 Å². The van der Waals surface area contributed by atoms with Crippen molar-refractivity contribution in [3.05, 3.63) is 34.9 Å². The fourth-order valence-electron chi connectivity index (χ4n) is 3.77. The monoisotopic (exact) mass is 472 g/mol. The van der Waals surface area contributed by atoms with Gasteiger partial charge in [-0.25, -0.2) is 8.42 Å². The van der Waals surface area contributed by atoms with E-state index in [9.17, 15) is 18.0 Å². The number of likely N-dealkylation sites (tertiary alicyclic amines) is 1. The summed E-state index contributed by atoms with van der Waals surface area (Å²) in [5, 5.41) is 3.38. The van der Waals surface area contributed by atoms with E-state index in [0.29, 0.717) is 37.5 Å². The second-order valence-electron chi connectivity index (χ2n) is 8.44. The fraction of sp³-hybridized carbons (Fsp3) is 0.619. The molecule has 1 aliphatic rings. The average Bonchev–Trinajstić information content (AvgIpc) is 3.15. The lowest BCUT2D eigenvalue weighted by Crippen LogP contribution is -2.50. The Kier molecular flexibility index (Phi) is 9.29. The number of halogens is 1. The third-order valence-corrected chi connectivity index (χ3v) is 6.76. The summed E-state index contributed by atoms with van der Waals surface area (Å²) in [4.78, 5) is 27.1. The van der Waals surface area contributed by atoms with Gasteiger partial charge in [0.25, 0.3) is 0 Å². The minimum Gasteiger partial charge on any atom is -0.344 e. The van der Waals surface area contributed by atoms with Crippen LogP contribution in [0.3, 0.4) is 0 Å². The number of benzene rings is 1. The van der Waals surface area contributed by atoms with Gasteiger partial charge in [-0.1, -0.05) is 37.6 Å². The summed E-state index contributed by atoms with van der Waals surface area (Å²) >= 11 is 5.95. The number of rotatable bonds is 10. The average molecular weight is 473 g/mol. The van der Waals surface area contributed by atoms with Crippen molar-refractivity contribution in [1.82, 2.24) is 14.5 Å². The van der Waals surface area contributed by atoms with Gasteiger partial charge < -0.3 is 16.0 Å². The zero-order chi connectivity index (χ0) is 23.2. The van der Waals surface area contributed by atoms with Gasteiger partial charge in [0.05, 0.1) is 6.26 Å². The second kappa shape index (κ2) is 11.3. The first-order chi connectivity index (χ1) is 14.5. The topological polar surface area (TPSA) is 113 Å². The number of carbonyl (C=O) groups is 2. The number of nitrogens with two attached hydrogens (primary N) is 1. The highest BCUT2D eigenvalue weighted by atomic mass is 35.5. The van der Waals surface area contributed by atoms with Crippen molar-refractivity contribution in [1.29, 1.82) is 0 Å². The van der Waals surface area contributed by atoms with E-state index in [1.54, 1.807) is 17.0 Å². The van der Waals surface area contributed by atoms with Gasteiger partial charge in [-0.15, -0.1) is 0 Å². The third-order valence-electron chi connectivity index (χ3n) is 5.21. The highest BCUT2D eigenvalue weighted by Crippen LogP contribution is 2.21. The molecule has 3 N–H and O–H groups in total. The van der Waals surface area contributed by atoms with Gasteiger partial charge >= 0.3 is 0 Å².